The minimum Gasteiger partial charge on any atom is -0.480 e. The van der Waals surface area contributed by atoms with Gasteiger partial charge in [-0.2, -0.15) is 0 Å². The van der Waals surface area contributed by atoms with Crippen molar-refractivity contribution in [1.29, 1.82) is 0 Å². The first-order chi connectivity index (χ1) is 8.24. The van der Waals surface area contributed by atoms with Crippen LogP contribution in [0.4, 0.5) is 0 Å². The number of carbonyl (C=O) groups excluding carboxylic acids is 1. The molecule has 90 valence electrons. The van der Waals surface area contributed by atoms with Crippen molar-refractivity contribution in [1.82, 2.24) is 5.32 Å². The summed E-state index contributed by atoms with van der Waals surface area (Å²) in [7, 11) is 0. The molecule has 1 aromatic carbocycles. The highest BCUT2D eigenvalue weighted by Crippen LogP contribution is 2.33. The van der Waals surface area contributed by atoms with Crippen LogP contribution in [0.2, 0.25) is 0 Å². The molecule has 2 atom stereocenters. The molecule has 1 fully saturated rings. The van der Waals surface area contributed by atoms with Crippen molar-refractivity contribution in [2.75, 3.05) is 0 Å². The number of hydrogen-bond acceptors (Lipinski definition) is 2. The van der Waals surface area contributed by atoms with E-state index in [0.717, 1.165) is 11.3 Å². The zero-order valence-electron chi connectivity index (χ0n) is 9.98. The van der Waals surface area contributed by atoms with Gasteiger partial charge >= 0.3 is 0 Å². The molecule has 0 bridgehead atoms. The second-order valence-corrected chi connectivity index (χ2v) is 5.05. The van der Waals surface area contributed by atoms with Crippen LogP contribution >= 0.6 is 0 Å². The molecule has 1 aliphatic heterocycles. The maximum atomic E-state index is 12.0. The molecule has 0 radical (unpaired) electrons. The number of hydrogen-bond donors (Lipinski definition) is 1. The Labute approximate surface area is 101 Å². The number of fused-ring (bicyclic) bond motifs is 1. The molecule has 0 aromatic heterocycles. The summed E-state index contributed by atoms with van der Waals surface area (Å²) in [5.41, 5.74) is 1.13. The number of carbonyl (C=O) groups is 1. The minimum absolute atomic E-state index is 0.0283. The smallest absolute Gasteiger partial charge is 0.261 e. The van der Waals surface area contributed by atoms with Crippen molar-refractivity contribution in [2.24, 2.45) is 5.92 Å². The monoisotopic (exact) mass is 231 g/mol. The van der Waals surface area contributed by atoms with E-state index in [1.165, 1.54) is 12.8 Å². The number of rotatable bonds is 3. The van der Waals surface area contributed by atoms with Gasteiger partial charge in [-0.15, -0.1) is 0 Å². The Kier molecular flexibility index (Phi) is 2.54. The second kappa shape index (κ2) is 4.06. The van der Waals surface area contributed by atoms with Crippen LogP contribution < -0.4 is 10.1 Å². The maximum Gasteiger partial charge on any atom is 0.261 e. The Balaban J connectivity index is 1.61. The highest BCUT2D eigenvalue weighted by Gasteiger charge is 2.33. The molecular formula is C14H17NO2. The van der Waals surface area contributed by atoms with Crippen LogP contribution in [0.1, 0.15) is 25.3 Å². The van der Waals surface area contributed by atoms with Gasteiger partial charge in [-0.05, 0) is 37.3 Å². The molecule has 3 rings (SSSR count). The number of ether oxygens (including phenoxy) is 1. The van der Waals surface area contributed by atoms with E-state index >= 15 is 0 Å². The molecule has 2 unspecified atom stereocenters. The fourth-order valence-electron chi connectivity index (χ4n) is 2.36. The molecule has 0 saturated heterocycles. The lowest BCUT2D eigenvalue weighted by molar-refractivity contribution is -0.128. The molecule has 1 amide bonds. The molecule has 17 heavy (non-hydrogen) atoms. The van der Waals surface area contributed by atoms with Crippen LogP contribution in [0.3, 0.4) is 0 Å². The van der Waals surface area contributed by atoms with E-state index in [1.807, 2.05) is 24.3 Å². The lowest BCUT2D eigenvalue weighted by Crippen LogP contribution is -2.42. The Hall–Kier alpha value is -1.51. The topological polar surface area (TPSA) is 38.3 Å². The fourth-order valence-corrected chi connectivity index (χ4v) is 2.36. The van der Waals surface area contributed by atoms with Gasteiger partial charge in [0.1, 0.15) is 5.75 Å². The molecule has 3 nitrogen and oxygen atoms in total. The quantitative estimate of drug-likeness (QED) is 0.863. The van der Waals surface area contributed by atoms with Gasteiger partial charge in [0.05, 0.1) is 0 Å². The molecule has 3 heteroatoms. The average Bonchev–Trinajstić information content (AvgIpc) is 3.08. The normalized spacial score (nSPS) is 23.7. The van der Waals surface area contributed by atoms with Gasteiger partial charge in [-0.1, -0.05) is 18.2 Å². The zero-order chi connectivity index (χ0) is 11.8. The highest BCUT2D eigenvalue weighted by atomic mass is 16.5. The van der Waals surface area contributed by atoms with Crippen molar-refractivity contribution < 1.29 is 9.53 Å². The van der Waals surface area contributed by atoms with Crippen LogP contribution in [0.15, 0.2) is 24.3 Å². The molecule has 1 heterocycles. The van der Waals surface area contributed by atoms with Gasteiger partial charge in [-0.3, -0.25) is 4.79 Å². The van der Waals surface area contributed by atoms with Crippen LogP contribution in [-0.2, 0) is 11.2 Å². The summed E-state index contributed by atoms with van der Waals surface area (Å²) in [6.07, 6.45) is 2.84. The van der Waals surface area contributed by atoms with Gasteiger partial charge < -0.3 is 10.1 Å². The van der Waals surface area contributed by atoms with Crippen molar-refractivity contribution in [3.8, 4) is 5.75 Å². The van der Waals surface area contributed by atoms with Crippen LogP contribution in [0, 0.1) is 5.92 Å². The summed E-state index contributed by atoms with van der Waals surface area (Å²) in [6, 6.07) is 8.15. The molecule has 1 aromatic rings. The molecule has 1 aliphatic carbocycles. The molecular weight excluding hydrogens is 214 g/mol. The molecule has 0 spiro atoms. The van der Waals surface area contributed by atoms with E-state index in [9.17, 15) is 4.79 Å². The standard InChI is InChI=1S/C14H17NO2/c1-9(10-6-7-10)15-14(16)13-8-11-4-2-3-5-12(11)17-13/h2-5,9-10,13H,6-8H2,1H3,(H,15,16). The molecule has 2 aliphatic rings. The van der Waals surface area contributed by atoms with Gasteiger partial charge in [0.15, 0.2) is 6.10 Å². The maximum absolute atomic E-state index is 12.0. The molecule has 1 saturated carbocycles. The van der Waals surface area contributed by atoms with E-state index in [0.29, 0.717) is 12.3 Å². The SMILES string of the molecule is CC(NC(=O)C1Cc2ccccc2O1)C1CC1. The van der Waals surface area contributed by atoms with Crippen LogP contribution in [0.5, 0.6) is 5.75 Å². The van der Waals surface area contributed by atoms with E-state index < -0.39 is 0 Å². The van der Waals surface area contributed by atoms with Crippen LogP contribution in [-0.4, -0.2) is 18.1 Å². The van der Waals surface area contributed by atoms with Crippen LogP contribution in [0.25, 0.3) is 0 Å². The van der Waals surface area contributed by atoms with Gasteiger partial charge in [-0.25, -0.2) is 0 Å². The van der Waals surface area contributed by atoms with E-state index in [-0.39, 0.29) is 18.1 Å². The number of amides is 1. The first-order valence-corrected chi connectivity index (χ1v) is 6.29. The molecule has 1 N–H and O–H groups in total. The van der Waals surface area contributed by atoms with Crippen molar-refractivity contribution in [3.05, 3.63) is 29.8 Å². The third-order valence-electron chi connectivity index (χ3n) is 3.64. The number of nitrogens with one attached hydrogen (secondary N) is 1. The first kappa shape index (κ1) is 10.6. The van der Waals surface area contributed by atoms with Crippen molar-refractivity contribution in [3.63, 3.8) is 0 Å². The highest BCUT2D eigenvalue weighted by molar-refractivity contribution is 5.82. The van der Waals surface area contributed by atoms with Crippen molar-refractivity contribution in [2.45, 2.75) is 38.3 Å². The Morgan fingerprint density at radius 1 is 1.41 bits per heavy atom. The zero-order valence-corrected chi connectivity index (χ0v) is 9.98. The average molecular weight is 231 g/mol. The first-order valence-electron chi connectivity index (χ1n) is 6.29. The summed E-state index contributed by atoms with van der Waals surface area (Å²) >= 11 is 0. The second-order valence-electron chi connectivity index (χ2n) is 5.05. The Bertz CT molecular complexity index is 415. The third-order valence-corrected chi connectivity index (χ3v) is 3.64. The fraction of sp³-hybridized carbons (Fsp3) is 0.500. The van der Waals surface area contributed by atoms with Crippen molar-refractivity contribution >= 4 is 5.91 Å². The van der Waals surface area contributed by atoms with Gasteiger partial charge in [0.25, 0.3) is 5.91 Å². The third kappa shape index (κ3) is 2.14. The summed E-state index contributed by atoms with van der Waals surface area (Å²) in [6.45, 7) is 2.08. The summed E-state index contributed by atoms with van der Waals surface area (Å²) in [4.78, 5) is 12.0. The predicted molar refractivity (Wildman–Crippen MR) is 64.9 cm³/mol. The Morgan fingerprint density at radius 2 is 2.18 bits per heavy atom. The lowest BCUT2D eigenvalue weighted by Gasteiger charge is -2.16. The van der Waals surface area contributed by atoms with E-state index in [4.69, 9.17) is 4.74 Å². The summed E-state index contributed by atoms with van der Waals surface area (Å²) in [5.74, 6) is 1.56. The number of benzene rings is 1. The van der Waals surface area contributed by atoms with E-state index in [1.54, 1.807) is 0 Å². The minimum atomic E-state index is -0.339. The summed E-state index contributed by atoms with van der Waals surface area (Å²) < 4.78 is 5.66. The van der Waals surface area contributed by atoms with Gasteiger partial charge in [0, 0.05) is 12.5 Å². The number of para-hydroxylation sites is 1. The van der Waals surface area contributed by atoms with E-state index in [2.05, 4.69) is 12.2 Å². The summed E-state index contributed by atoms with van der Waals surface area (Å²) in [5, 5.41) is 3.05. The predicted octanol–water partition coefficient (Wildman–Crippen LogP) is 1.90. The Morgan fingerprint density at radius 3 is 2.88 bits per heavy atom. The van der Waals surface area contributed by atoms with Gasteiger partial charge in [0.2, 0.25) is 0 Å². The largest absolute Gasteiger partial charge is 0.480 e. The lowest BCUT2D eigenvalue weighted by atomic mass is 10.1.